The number of aromatic amines is 1. The van der Waals surface area contributed by atoms with Crippen molar-refractivity contribution in [2.75, 3.05) is 73.4 Å². The van der Waals surface area contributed by atoms with Crippen molar-refractivity contribution in [2.24, 2.45) is 0 Å². The summed E-state index contributed by atoms with van der Waals surface area (Å²) in [6, 6.07) is 5.25. The highest BCUT2D eigenvalue weighted by molar-refractivity contribution is 5.76. The number of hydrogen-bond donors (Lipinski definition) is 1. The van der Waals surface area contributed by atoms with Crippen molar-refractivity contribution < 1.29 is 23.7 Å². The van der Waals surface area contributed by atoms with E-state index >= 15 is 0 Å². The summed E-state index contributed by atoms with van der Waals surface area (Å²) in [4.78, 5) is 32.1. The Morgan fingerprint density at radius 1 is 1.06 bits per heavy atom. The summed E-state index contributed by atoms with van der Waals surface area (Å²) < 4.78 is 21.5. The second-order valence-corrected chi connectivity index (χ2v) is 8.08. The van der Waals surface area contributed by atoms with Crippen LogP contribution < -0.4 is 15.0 Å². The zero-order chi connectivity index (χ0) is 25.0. The van der Waals surface area contributed by atoms with E-state index in [9.17, 15) is 9.59 Å². The summed E-state index contributed by atoms with van der Waals surface area (Å²) in [7, 11) is 3.23. The van der Waals surface area contributed by atoms with E-state index in [0.29, 0.717) is 62.4 Å². The van der Waals surface area contributed by atoms with Crippen LogP contribution in [0.25, 0.3) is 11.4 Å². The van der Waals surface area contributed by atoms with Crippen LogP contribution in [-0.2, 0) is 20.7 Å². The highest BCUT2D eigenvalue weighted by Gasteiger charge is 2.21. The maximum absolute atomic E-state index is 12.6. The summed E-state index contributed by atoms with van der Waals surface area (Å²) >= 11 is 0. The SMILES string of the molecule is CCOCCOc1ccc(-c2nnc(CCC(=O)N3CCN(CCOC)CC3)c(=O)[nH]2)cc1OC. The molecule has 1 N–H and O–H groups in total. The van der Waals surface area contributed by atoms with Crippen molar-refractivity contribution in [3.8, 4) is 22.9 Å². The van der Waals surface area contributed by atoms with Gasteiger partial charge >= 0.3 is 0 Å². The Kier molecular flexibility index (Phi) is 10.5. The molecule has 0 radical (unpaired) electrons. The van der Waals surface area contributed by atoms with Gasteiger partial charge in [0, 0.05) is 64.8 Å². The van der Waals surface area contributed by atoms with Crippen molar-refractivity contribution in [1.82, 2.24) is 25.0 Å². The number of nitrogens with one attached hydrogen (secondary N) is 1. The summed E-state index contributed by atoms with van der Waals surface area (Å²) in [6.07, 6.45) is 0.456. The van der Waals surface area contributed by atoms with Gasteiger partial charge in [-0.25, -0.2) is 0 Å². The number of ether oxygens (including phenoxy) is 4. The Hall–Kier alpha value is -3.02. The van der Waals surface area contributed by atoms with Crippen LogP contribution in [0.2, 0.25) is 0 Å². The first-order valence-electron chi connectivity index (χ1n) is 11.9. The van der Waals surface area contributed by atoms with Gasteiger partial charge in [-0.2, -0.15) is 0 Å². The molecule has 0 atom stereocenters. The molecule has 1 amide bonds. The lowest BCUT2D eigenvalue weighted by molar-refractivity contribution is -0.133. The van der Waals surface area contributed by atoms with E-state index in [2.05, 4.69) is 20.1 Å². The van der Waals surface area contributed by atoms with Crippen LogP contribution in [0.4, 0.5) is 0 Å². The summed E-state index contributed by atoms with van der Waals surface area (Å²) in [6.45, 7) is 7.98. The lowest BCUT2D eigenvalue weighted by Gasteiger charge is -2.34. The van der Waals surface area contributed by atoms with Gasteiger partial charge in [0.2, 0.25) is 5.91 Å². The topological polar surface area (TPSA) is 119 Å². The number of rotatable bonds is 13. The zero-order valence-corrected chi connectivity index (χ0v) is 20.7. The second kappa shape index (κ2) is 13.8. The Morgan fingerprint density at radius 3 is 2.54 bits per heavy atom. The van der Waals surface area contributed by atoms with Crippen LogP contribution in [0, 0.1) is 0 Å². The Labute approximate surface area is 205 Å². The van der Waals surface area contributed by atoms with Gasteiger partial charge in [0.1, 0.15) is 12.3 Å². The number of amides is 1. The van der Waals surface area contributed by atoms with Crippen LogP contribution in [0.15, 0.2) is 23.0 Å². The van der Waals surface area contributed by atoms with E-state index < -0.39 is 0 Å². The van der Waals surface area contributed by atoms with E-state index in [0.717, 1.165) is 19.6 Å². The molecule has 2 heterocycles. The van der Waals surface area contributed by atoms with Crippen molar-refractivity contribution >= 4 is 5.91 Å². The van der Waals surface area contributed by atoms with E-state index in [1.54, 1.807) is 32.4 Å². The van der Waals surface area contributed by atoms with Crippen LogP contribution >= 0.6 is 0 Å². The maximum Gasteiger partial charge on any atom is 0.273 e. The quantitative estimate of drug-likeness (QED) is 0.411. The number of H-pyrrole nitrogens is 1. The Balaban J connectivity index is 1.56. The number of carbonyl (C=O) groups excluding carboxylic acids is 1. The van der Waals surface area contributed by atoms with Crippen molar-refractivity contribution in [1.29, 1.82) is 0 Å². The molecular formula is C24H35N5O6. The molecule has 11 nitrogen and oxygen atoms in total. The lowest BCUT2D eigenvalue weighted by atomic mass is 10.2. The summed E-state index contributed by atoms with van der Waals surface area (Å²) in [5.41, 5.74) is 0.518. The molecule has 0 bridgehead atoms. The molecule has 0 unspecified atom stereocenters. The number of aromatic nitrogens is 3. The molecule has 1 aromatic heterocycles. The standard InChI is InChI=1S/C24H35N5O6/c1-4-34-15-16-35-20-7-5-18(17-21(20)33-3)23-25-24(31)19(26-27-23)6-8-22(30)29-11-9-28(10-12-29)13-14-32-2/h5,7,17H,4,6,8-16H2,1-3H3,(H,25,27,31). The smallest absolute Gasteiger partial charge is 0.273 e. The normalized spacial score (nSPS) is 14.2. The fraction of sp³-hybridized carbons (Fsp3) is 0.583. The average molecular weight is 490 g/mol. The largest absolute Gasteiger partial charge is 0.493 e. The van der Waals surface area contributed by atoms with E-state index in [4.69, 9.17) is 18.9 Å². The summed E-state index contributed by atoms with van der Waals surface area (Å²) in [5, 5.41) is 8.26. The van der Waals surface area contributed by atoms with Crippen molar-refractivity contribution in [3.05, 3.63) is 34.2 Å². The fourth-order valence-corrected chi connectivity index (χ4v) is 3.77. The predicted octanol–water partition coefficient (Wildman–Crippen LogP) is 0.979. The first-order valence-corrected chi connectivity index (χ1v) is 11.9. The third-order valence-corrected chi connectivity index (χ3v) is 5.80. The fourth-order valence-electron chi connectivity index (χ4n) is 3.77. The van der Waals surface area contributed by atoms with Crippen LogP contribution in [0.1, 0.15) is 19.0 Å². The second-order valence-electron chi connectivity index (χ2n) is 8.08. The number of methoxy groups -OCH3 is 2. The molecule has 0 spiro atoms. The van der Waals surface area contributed by atoms with Crippen molar-refractivity contribution in [3.63, 3.8) is 0 Å². The third-order valence-electron chi connectivity index (χ3n) is 5.80. The molecule has 1 aliphatic rings. The first-order chi connectivity index (χ1) is 17.0. The average Bonchev–Trinajstić information content (AvgIpc) is 2.89. The number of piperazine rings is 1. The molecule has 1 aromatic carbocycles. The van der Waals surface area contributed by atoms with E-state index in [-0.39, 0.29) is 30.0 Å². The first kappa shape index (κ1) is 26.6. The number of nitrogens with zero attached hydrogens (tertiary/aromatic N) is 4. The van der Waals surface area contributed by atoms with Gasteiger partial charge in [0.15, 0.2) is 17.3 Å². The van der Waals surface area contributed by atoms with Gasteiger partial charge in [0.05, 0.1) is 20.3 Å². The maximum atomic E-state index is 12.6. The van der Waals surface area contributed by atoms with E-state index in [1.165, 1.54) is 0 Å². The minimum absolute atomic E-state index is 0.0197. The molecule has 11 heteroatoms. The number of aryl methyl sites for hydroxylation is 1. The minimum Gasteiger partial charge on any atom is -0.493 e. The minimum atomic E-state index is -0.358. The Morgan fingerprint density at radius 2 is 1.86 bits per heavy atom. The summed E-state index contributed by atoms with van der Waals surface area (Å²) in [5.74, 6) is 1.42. The predicted molar refractivity (Wildman–Crippen MR) is 130 cm³/mol. The highest BCUT2D eigenvalue weighted by atomic mass is 16.5. The monoisotopic (exact) mass is 489 g/mol. The highest BCUT2D eigenvalue weighted by Crippen LogP contribution is 2.31. The molecule has 1 aliphatic heterocycles. The van der Waals surface area contributed by atoms with Crippen molar-refractivity contribution in [2.45, 2.75) is 19.8 Å². The molecule has 0 saturated carbocycles. The van der Waals surface area contributed by atoms with Crippen LogP contribution in [0.3, 0.4) is 0 Å². The lowest BCUT2D eigenvalue weighted by Crippen LogP contribution is -2.49. The molecule has 1 saturated heterocycles. The number of benzene rings is 1. The molecule has 1 fully saturated rings. The third kappa shape index (κ3) is 7.74. The zero-order valence-electron chi connectivity index (χ0n) is 20.7. The number of carbonyl (C=O) groups is 1. The number of hydrogen-bond acceptors (Lipinski definition) is 9. The Bertz CT molecular complexity index is 1010. The molecular weight excluding hydrogens is 454 g/mol. The molecule has 0 aliphatic carbocycles. The molecule has 192 valence electrons. The van der Waals surface area contributed by atoms with Gasteiger partial charge in [-0.15, -0.1) is 10.2 Å². The van der Waals surface area contributed by atoms with Gasteiger partial charge in [-0.05, 0) is 25.1 Å². The van der Waals surface area contributed by atoms with Gasteiger partial charge in [0.25, 0.3) is 5.56 Å². The van der Waals surface area contributed by atoms with Gasteiger partial charge < -0.3 is 28.8 Å². The van der Waals surface area contributed by atoms with Crippen LogP contribution in [0.5, 0.6) is 11.5 Å². The molecule has 3 rings (SSSR count). The molecule has 35 heavy (non-hydrogen) atoms. The molecule has 2 aromatic rings. The van der Waals surface area contributed by atoms with Gasteiger partial charge in [-0.3, -0.25) is 14.5 Å². The van der Waals surface area contributed by atoms with Gasteiger partial charge in [-0.1, -0.05) is 0 Å². The van der Waals surface area contributed by atoms with E-state index in [1.807, 2.05) is 11.8 Å². The van der Waals surface area contributed by atoms with Crippen LogP contribution in [-0.4, -0.2) is 104 Å².